The molecule has 0 radical (unpaired) electrons. The third kappa shape index (κ3) is 3.39. The number of nitrogens with zero attached hydrogens (tertiary/aromatic N) is 1. The van der Waals surface area contributed by atoms with Crippen LogP contribution in [0.5, 0.6) is 0 Å². The highest BCUT2D eigenvalue weighted by molar-refractivity contribution is 8.00. The molecule has 0 aliphatic rings. The number of thioether (sulfide) groups is 1. The number of nitrogens with two attached hydrogens (primary N) is 2. The van der Waals surface area contributed by atoms with Crippen LogP contribution in [-0.2, 0) is 6.42 Å². The zero-order valence-electron chi connectivity index (χ0n) is 11.4. The molecule has 2 rings (SSSR count). The Bertz CT molecular complexity index is 584. The Kier molecular flexibility index (Phi) is 5.62. The molecule has 0 aliphatic carbocycles. The Labute approximate surface area is 124 Å². The summed E-state index contributed by atoms with van der Waals surface area (Å²) in [6.07, 6.45) is 0.942. The van der Waals surface area contributed by atoms with Gasteiger partial charge in [-0.25, -0.2) is 0 Å². The second-order valence-corrected chi connectivity index (χ2v) is 5.65. The van der Waals surface area contributed by atoms with Crippen LogP contribution >= 0.6 is 24.2 Å². The van der Waals surface area contributed by atoms with Gasteiger partial charge in [0, 0.05) is 16.0 Å². The molecule has 0 saturated heterocycles. The molecule has 0 saturated carbocycles. The number of benzene rings is 1. The Morgan fingerprint density at radius 3 is 2.53 bits per heavy atom. The van der Waals surface area contributed by atoms with E-state index in [2.05, 4.69) is 37.0 Å². The van der Waals surface area contributed by atoms with Crippen LogP contribution in [-0.4, -0.2) is 10.5 Å². The van der Waals surface area contributed by atoms with Gasteiger partial charge in [0.15, 0.2) is 0 Å². The maximum Gasteiger partial charge on any atom is 0.105 e. The van der Waals surface area contributed by atoms with E-state index in [0.29, 0.717) is 0 Å². The van der Waals surface area contributed by atoms with Gasteiger partial charge in [0.2, 0.25) is 0 Å². The smallest absolute Gasteiger partial charge is 0.105 e. The van der Waals surface area contributed by atoms with E-state index in [-0.39, 0.29) is 12.4 Å². The van der Waals surface area contributed by atoms with Gasteiger partial charge in [-0.3, -0.25) is 4.98 Å². The van der Waals surface area contributed by atoms with Crippen LogP contribution in [0.1, 0.15) is 23.7 Å². The minimum atomic E-state index is -0.402. The highest BCUT2D eigenvalue weighted by atomic mass is 35.5. The fourth-order valence-electron chi connectivity index (χ4n) is 2.19. The number of aromatic nitrogens is 1. The monoisotopic (exact) mass is 297 g/mol. The SMILES string of the molecule is CCc1c(C)nc2ccc(C)cc2c1SC(N)N.Cl. The molecule has 3 nitrogen and oxygen atoms in total. The Balaban J connectivity index is 0.00000180. The van der Waals surface area contributed by atoms with E-state index in [1.54, 1.807) is 0 Å². The normalized spacial score (nSPS) is 10.8. The average molecular weight is 298 g/mol. The van der Waals surface area contributed by atoms with Crippen LogP contribution in [0.3, 0.4) is 0 Å². The second-order valence-electron chi connectivity index (χ2n) is 4.46. The summed E-state index contributed by atoms with van der Waals surface area (Å²) in [5, 5.41) is 1.16. The predicted octanol–water partition coefficient (Wildman–Crippen LogP) is 3.13. The maximum atomic E-state index is 5.75. The number of halogens is 1. The molecular formula is C14H20ClN3S. The summed E-state index contributed by atoms with van der Waals surface area (Å²) in [6.45, 7) is 6.27. The number of hydrogen-bond donors (Lipinski definition) is 2. The molecule has 0 unspecified atom stereocenters. The van der Waals surface area contributed by atoms with Crippen LogP contribution in [0.2, 0.25) is 0 Å². The van der Waals surface area contributed by atoms with Gasteiger partial charge >= 0.3 is 0 Å². The fraction of sp³-hybridized carbons (Fsp3) is 0.357. The third-order valence-electron chi connectivity index (χ3n) is 3.00. The highest BCUT2D eigenvalue weighted by Gasteiger charge is 2.13. The molecule has 0 fully saturated rings. The Morgan fingerprint density at radius 2 is 1.95 bits per heavy atom. The van der Waals surface area contributed by atoms with Crippen LogP contribution in [0.4, 0.5) is 0 Å². The van der Waals surface area contributed by atoms with Crippen LogP contribution in [0.15, 0.2) is 23.1 Å². The zero-order chi connectivity index (χ0) is 13.3. The number of pyridine rings is 1. The molecule has 1 heterocycles. The molecule has 0 atom stereocenters. The molecule has 1 aromatic carbocycles. The van der Waals surface area contributed by atoms with Crippen LogP contribution < -0.4 is 11.5 Å². The summed E-state index contributed by atoms with van der Waals surface area (Å²) in [7, 11) is 0. The van der Waals surface area contributed by atoms with Crippen molar-refractivity contribution in [1.82, 2.24) is 4.98 Å². The van der Waals surface area contributed by atoms with Gasteiger partial charge < -0.3 is 11.5 Å². The summed E-state index contributed by atoms with van der Waals surface area (Å²) in [6, 6.07) is 6.30. The molecular weight excluding hydrogens is 278 g/mol. The molecule has 1 aromatic heterocycles. The maximum absolute atomic E-state index is 5.75. The molecule has 0 spiro atoms. The lowest BCUT2D eigenvalue weighted by molar-refractivity contribution is 0.974. The fourth-order valence-corrected chi connectivity index (χ4v) is 3.19. The van der Waals surface area contributed by atoms with Crippen molar-refractivity contribution in [1.29, 1.82) is 0 Å². The van der Waals surface area contributed by atoms with E-state index < -0.39 is 5.50 Å². The average Bonchev–Trinajstić information content (AvgIpc) is 2.30. The van der Waals surface area contributed by atoms with Crippen molar-refractivity contribution in [2.75, 3.05) is 0 Å². The molecule has 5 heteroatoms. The van der Waals surface area contributed by atoms with Crippen molar-refractivity contribution >= 4 is 35.1 Å². The van der Waals surface area contributed by atoms with E-state index in [0.717, 1.165) is 23.0 Å². The lowest BCUT2D eigenvalue weighted by Crippen LogP contribution is -2.26. The first-order valence-corrected chi connectivity index (χ1v) is 6.98. The number of aryl methyl sites for hydroxylation is 2. The minimum Gasteiger partial charge on any atom is -0.307 e. The molecule has 0 aliphatic heterocycles. The molecule has 2 aromatic rings. The summed E-state index contributed by atoms with van der Waals surface area (Å²) in [4.78, 5) is 5.84. The van der Waals surface area contributed by atoms with Crippen molar-refractivity contribution < 1.29 is 0 Å². The van der Waals surface area contributed by atoms with E-state index in [1.165, 1.54) is 27.8 Å². The minimum absolute atomic E-state index is 0. The third-order valence-corrected chi connectivity index (χ3v) is 3.98. The molecule has 4 N–H and O–H groups in total. The molecule has 0 bridgehead atoms. The van der Waals surface area contributed by atoms with Crippen molar-refractivity contribution in [3.8, 4) is 0 Å². The molecule has 104 valence electrons. The summed E-state index contributed by atoms with van der Waals surface area (Å²) in [5.74, 6) is 0. The number of fused-ring (bicyclic) bond motifs is 1. The van der Waals surface area contributed by atoms with E-state index in [9.17, 15) is 0 Å². The van der Waals surface area contributed by atoms with Crippen LogP contribution in [0.25, 0.3) is 10.9 Å². The summed E-state index contributed by atoms with van der Waals surface area (Å²) >= 11 is 1.52. The van der Waals surface area contributed by atoms with Gasteiger partial charge in [-0.1, -0.05) is 30.3 Å². The quantitative estimate of drug-likeness (QED) is 0.675. The molecule has 19 heavy (non-hydrogen) atoms. The van der Waals surface area contributed by atoms with Crippen molar-refractivity contribution in [3.05, 3.63) is 35.0 Å². The zero-order valence-corrected chi connectivity index (χ0v) is 13.1. The first-order chi connectivity index (χ1) is 8.52. The lowest BCUT2D eigenvalue weighted by Gasteiger charge is -2.15. The van der Waals surface area contributed by atoms with Gasteiger partial charge in [-0.2, -0.15) is 0 Å². The van der Waals surface area contributed by atoms with Gasteiger partial charge in [0.25, 0.3) is 0 Å². The van der Waals surface area contributed by atoms with E-state index in [4.69, 9.17) is 11.5 Å². The first-order valence-electron chi connectivity index (χ1n) is 6.10. The van der Waals surface area contributed by atoms with Gasteiger partial charge in [0.1, 0.15) is 5.50 Å². The van der Waals surface area contributed by atoms with E-state index >= 15 is 0 Å². The topological polar surface area (TPSA) is 64.9 Å². The van der Waals surface area contributed by atoms with Crippen molar-refractivity contribution in [2.45, 2.75) is 37.6 Å². The number of rotatable bonds is 3. The Hall–Kier alpha value is -0.810. The van der Waals surface area contributed by atoms with Crippen LogP contribution in [0, 0.1) is 13.8 Å². The second kappa shape index (κ2) is 6.57. The van der Waals surface area contributed by atoms with Crippen molar-refractivity contribution in [2.24, 2.45) is 11.5 Å². The largest absolute Gasteiger partial charge is 0.307 e. The summed E-state index contributed by atoms with van der Waals surface area (Å²) < 4.78 is 0. The first kappa shape index (κ1) is 16.2. The standard InChI is InChI=1S/C14H19N3S.ClH/c1-4-10-9(3)17-12-6-5-8(2)7-11(12)13(10)18-14(15)16;/h5-7,14H,4,15-16H2,1-3H3;1H. The van der Waals surface area contributed by atoms with Gasteiger partial charge in [0.05, 0.1) is 5.52 Å². The van der Waals surface area contributed by atoms with Gasteiger partial charge in [-0.05, 0) is 38.0 Å². The Morgan fingerprint density at radius 1 is 1.26 bits per heavy atom. The van der Waals surface area contributed by atoms with Crippen molar-refractivity contribution in [3.63, 3.8) is 0 Å². The lowest BCUT2D eigenvalue weighted by atomic mass is 10.1. The number of hydrogen-bond acceptors (Lipinski definition) is 4. The highest BCUT2D eigenvalue weighted by Crippen LogP contribution is 2.33. The van der Waals surface area contributed by atoms with E-state index in [1.807, 2.05) is 6.92 Å². The molecule has 0 amide bonds. The van der Waals surface area contributed by atoms with Gasteiger partial charge in [-0.15, -0.1) is 12.4 Å². The summed E-state index contributed by atoms with van der Waals surface area (Å²) in [5.41, 5.74) is 15.6. The predicted molar refractivity (Wildman–Crippen MR) is 85.9 cm³/mol.